The van der Waals surface area contributed by atoms with Crippen LogP contribution in [0, 0.1) is 6.92 Å². The van der Waals surface area contributed by atoms with E-state index in [2.05, 4.69) is 14.2 Å². The molecule has 0 aliphatic carbocycles. The van der Waals surface area contributed by atoms with Gasteiger partial charge < -0.3 is 24.0 Å². The molecule has 3 aliphatic heterocycles. The number of fused-ring (bicyclic) bond motifs is 5. The second kappa shape index (κ2) is 13.8. The summed E-state index contributed by atoms with van der Waals surface area (Å²) in [6, 6.07) is 23.9. The lowest BCUT2D eigenvalue weighted by molar-refractivity contribution is -0.172. The summed E-state index contributed by atoms with van der Waals surface area (Å²) < 4.78 is 43.9. The van der Waals surface area contributed by atoms with E-state index in [1.165, 1.54) is 0 Å². The quantitative estimate of drug-likeness (QED) is 0.134. The first-order valence-corrected chi connectivity index (χ1v) is 19.5. The Morgan fingerprint density at radius 3 is 2.41 bits per heavy atom. The lowest BCUT2D eigenvalue weighted by Gasteiger charge is -2.37. The van der Waals surface area contributed by atoms with Crippen LogP contribution in [0.2, 0.25) is 0 Å². The number of ether oxygens (including phenoxy) is 2. The van der Waals surface area contributed by atoms with Crippen molar-refractivity contribution in [2.75, 3.05) is 33.3 Å². The van der Waals surface area contributed by atoms with E-state index in [1.807, 2.05) is 55.5 Å². The number of hydrogen-bond donors (Lipinski definition) is 1. The fourth-order valence-electron chi connectivity index (χ4n) is 7.71. The molecule has 54 heavy (non-hydrogen) atoms. The van der Waals surface area contributed by atoms with Crippen LogP contribution in [0.4, 0.5) is 0 Å². The molecule has 0 bridgehead atoms. The SMILES string of the molecule is CC[C@@]1(O)C(=O)OCc2c1cc1n(c2=O)Cc2c-1nc1ccccc1c2CN1CCN(C(Cc2ccc(OC)cc2)=NS(=O)(=O)c2ccc(C)cc2)CC1. The third-order valence-electron chi connectivity index (χ3n) is 10.9. The molecule has 13 heteroatoms. The van der Waals surface area contributed by atoms with Gasteiger partial charge in [-0.2, -0.15) is 8.42 Å². The number of aryl methyl sites for hydroxylation is 1. The molecular formula is C41H41N5O7S. The van der Waals surface area contributed by atoms with Gasteiger partial charge >= 0.3 is 5.97 Å². The minimum atomic E-state index is -3.97. The van der Waals surface area contributed by atoms with Gasteiger partial charge in [0.1, 0.15) is 18.2 Å². The molecule has 0 unspecified atom stereocenters. The minimum absolute atomic E-state index is 0.0708. The first-order valence-electron chi connectivity index (χ1n) is 18.1. The third kappa shape index (κ3) is 6.25. The van der Waals surface area contributed by atoms with Gasteiger partial charge in [0, 0.05) is 55.7 Å². The van der Waals surface area contributed by atoms with E-state index in [1.54, 1.807) is 48.9 Å². The van der Waals surface area contributed by atoms with E-state index in [9.17, 15) is 23.1 Å². The molecule has 1 saturated heterocycles. The van der Waals surface area contributed by atoms with Gasteiger partial charge in [-0.25, -0.2) is 9.78 Å². The van der Waals surface area contributed by atoms with Crippen LogP contribution in [0.15, 0.2) is 93.0 Å². The molecule has 5 heterocycles. The van der Waals surface area contributed by atoms with E-state index in [4.69, 9.17) is 14.5 Å². The van der Waals surface area contributed by atoms with Crippen LogP contribution < -0.4 is 10.3 Å². The summed E-state index contributed by atoms with van der Waals surface area (Å²) >= 11 is 0. The lowest BCUT2D eigenvalue weighted by Crippen LogP contribution is -2.49. The van der Waals surface area contributed by atoms with E-state index in [-0.39, 0.29) is 34.6 Å². The number of esters is 1. The molecule has 278 valence electrons. The first kappa shape index (κ1) is 35.6. The number of hydrogen-bond acceptors (Lipinski definition) is 9. The Labute approximate surface area is 313 Å². The first-order chi connectivity index (χ1) is 26.0. The summed E-state index contributed by atoms with van der Waals surface area (Å²) in [5.74, 6) is 0.438. The molecule has 2 aromatic heterocycles. The zero-order valence-corrected chi connectivity index (χ0v) is 31.2. The van der Waals surface area contributed by atoms with Crippen LogP contribution in [0.3, 0.4) is 0 Å². The van der Waals surface area contributed by atoms with Crippen molar-refractivity contribution in [2.24, 2.45) is 4.40 Å². The Kier molecular flexibility index (Phi) is 9.11. The summed E-state index contributed by atoms with van der Waals surface area (Å²) in [6.07, 6.45) is 0.403. The Bertz CT molecular complexity index is 2490. The molecule has 1 N–H and O–H groups in total. The van der Waals surface area contributed by atoms with Gasteiger partial charge in [0.05, 0.1) is 41.0 Å². The van der Waals surface area contributed by atoms with Gasteiger partial charge in [-0.15, -0.1) is 4.40 Å². The number of aliphatic hydroxyl groups is 1. The van der Waals surface area contributed by atoms with Crippen molar-refractivity contribution in [1.29, 1.82) is 0 Å². The molecular weight excluding hydrogens is 707 g/mol. The number of methoxy groups -OCH3 is 1. The van der Waals surface area contributed by atoms with Gasteiger partial charge in [0.25, 0.3) is 15.6 Å². The minimum Gasteiger partial charge on any atom is -0.497 e. The van der Waals surface area contributed by atoms with Crippen LogP contribution in [0.5, 0.6) is 5.75 Å². The maximum atomic E-state index is 13.9. The van der Waals surface area contributed by atoms with Crippen molar-refractivity contribution in [3.63, 3.8) is 0 Å². The zero-order chi connectivity index (χ0) is 37.8. The van der Waals surface area contributed by atoms with Crippen molar-refractivity contribution in [3.05, 3.63) is 123 Å². The average molecular weight is 748 g/mol. The summed E-state index contributed by atoms with van der Waals surface area (Å²) in [4.78, 5) is 36.2. The number of aromatic nitrogens is 2. The van der Waals surface area contributed by atoms with Gasteiger partial charge in [-0.05, 0) is 60.9 Å². The summed E-state index contributed by atoms with van der Waals surface area (Å²) in [7, 11) is -2.36. The van der Waals surface area contributed by atoms with Crippen molar-refractivity contribution >= 4 is 32.7 Å². The highest BCUT2D eigenvalue weighted by atomic mass is 32.2. The van der Waals surface area contributed by atoms with Gasteiger partial charge in [-0.1, -0.05) is 55.0 Å². The average Bonchev–Trinajstić information content (AvgIpc) is 3.55. The normalized spacial score (nSPS) is 18.6. The van der Waals surface area contributed by atoms with E-state index >= 15 is 0 Å². The maximum Gasteiger partial charge on any atom is 0.343 e. The van der Waals surface area contributed by atoms with Gasteiger partial charge in [0.2, 0.25) is 0 Å². The van der Waals surface area contributed by atoms with Crippen molar-refractivity contribution in [3.8, 4) is 17.1 Å². The second-order valence-electron chi connectivity index (χ2n) is 14.1. The number of piperazine rings is 1. The van der Waals surface area contributed by atoms with E-state index in [0.29, 0.717) is 68.7 Å². The van der Waals surface area contributed by atoms with Gasteiger partial charge in [0.15, 0.2) is 5.60 Å². The van der Waals surface area contributed by atoms with Crippen LogP contribution in [0.1, 0.15) is 46.7 Å². The Hall–Kier alpha value is -5.37. The van der Waals surface area contributed by atoms with Crippen molar-refractivity contribution in [1.82, 2.24) is 19.4 Å². The monoisotopic (exact) mass is 747 g/mol. The van der Waals surface area contributed by atoms with Gasteiger partial charge in [-0.3, -0.25) is 9.69 Å². The largest absolute Gasteiger partial charge is 0.497 e. The van der Waals surface area contributed by atoms with Crippen molar-refractivity contribution < 1.29 is 27.8 Å². The second-order valence-corrected chi connectivity index (χ2v) is 15.7. The maximum absolute atomic E-state index is 13.9. The highest BCUT2D eigenvalue weighted by Gasteiger charge is 2.45. The topological polar surface area (TPSA) is 144 Å². The van der Waals surface area contributed by atoms with Crippen LogP contribution in [-0.2, 0) is 51.3 Å². The fourth-order valence-corrected chi connectivity index (χ4v) is 8.75. The Morgan fingerprint density at radius 1 is 0.981 bits per heavy atom. The smallest absolute Gasteiger partial charge is 0.343 e. The number of cyclic esters (lactones) is 1. The number of carbonyl (C=O) groups excluding carboxylic acids is 1. The number of benzene rings is 3. The molecule has 3 aromatic carbocycles. The molecule has 0 spiro atoms. The molecule has 1 atom stereocenters. The van der Waals surface area contributed by atoms with Crippen LogP contribution >= 0.6 is 0 Å². The Morgan fingerprint density at radius 2 is 1.70 bits per heavy atom. The number of pyridine rings is 2. The number of sulfonamides is 1. The summed E-state index contributed by atoms with van der Waals surface area (Å²) in [5, 5.41) is 12.3. The predicted octanol–water partition coefficient (Wildman–Crippen LogP) is 4.54. The molecule has 12 nitrogen and oxygen atoms in total. The molecule has 5 aromatic rings. The molecule has 0 saturated carbocycles. The Balaban J connectivity index is 1.10. The summed E-state index contributed by atoms with van der Waals surface area (Å²) in [6.45, 7) is 6.69. The number of para-hydroxylation sites is 1. The molecule has 0 amide bonds. The lowest BCUT2D eigenvalue weighted by atomic mass is 9.86. The summed E-state index contributed by atoms with van der Waals surface area (Å²) in [5.41, 5.74) is 4.24. The molecule has 8 rings (SSSR count). The molecule has 1 fully saturated rings. The number of rotatable bonds is 8. The number of amidine groups is 1. The highest BCUT2D eigenvalue weighted by Crippen LogP contribution is 2.40. The van der Waals surface area contributed by atoms with Crippen molar-refractivity contribution in [2.45, 2.75) is 56.9 Å². The standard InChI is InChI=1S/C41H41N5O7S/c1-4-41(49)34-22-36-38-32(24-46(36)39(47)33(34)25-53-40(41)48)31(30-7-5-6-8-35(30)42-38)23-44-17-19-45(20-18-44)37(21-27-11-13-28(52-3)14-12-27)43-54(50,51)29-15-9-26(2)10-16-29/h5-16,22,49H,4,17-21,23-25H2,1-3H3/t41-/m0/s1. The van der Waals surface area contributed by atoms with Crippen LogP contribution in [0.25, 0.3) is 22.3 Å². The number of nitrogens with zero attached hydrogens (tertiary/aromatic N) is 5. The third-order valence-corrected chi connectivity index (χ3v) is 12.2. The van der Waals surface area contributed by atoms with E-state index in [0.717, 1.165) is 33.2 Å². The van der Waals surface area contributed by atoms with Crippen LogP contribution in [-0.4, -0.2) is 78.0 Å². The fraction of sp³-hybridized carbons (Fsp3) is 0.317. The molecule has 0 radical (unpaired) electrons. The highest BCUT2D eigenvalue weighted by molar-refractivity contribution is 7.90. The number of carbonyl (C=O) groups is 1. The van der Waals surface area contributed by atoms with E-state index < -0.39 is 21.6 Å². The zero-order valence-electron chi connectivity index (χ0n) is 30.4. The molecule has 3 aliphatic rings. The predicted molar refractivity (Wildman–Crippen MR) is 204 cm³/mol.